The van der Waals surface area contributed by atoms with Crippen LogP contribution in [0.15, 0.2) is 51.9 Å². The highest BCUT2D eigenvalue weighted by molar-refractivity contribution is 7.98. The van der Waals surface area contributed by atoms with Crippen LogP contribution in [0.4, 0.5) is 10.8 Å². The summed E-state index contributed by atoms with van der Waals surface area (Å²) in [7, 11) is 0. The van der Waals surface area contributed by atoms with E-state index in [1.807, 2.05) is 11.4 Å². The quantitative estimate of drug-likeness (QED) is 0.394. The fraction of sp³-hybridized carbons (Fsp3) is 0.176. The van der Waals surface area contributed by atoms with Crippen molar-refractivity contribution in [2.24, 2.45) is 0 Å². The average molecular weight is 448 g/mol. The molecule has 9 nitrogen and oxygen atoms in total. The molecule has 0 bridgehead atoms. The topological polar surface area (TPSA) is 103 Å². The second kappa shape index (κ2) is 8.72. The molecular formula is C17H14ClN7O2S2. The monoisotopic (exact) mass is 447 g/mol. The first kappa shape index (κ1) is 19.6. The third-order valence-corrected chi connectivity index (χ3v) is 5.63. The molecule has 1 aromatic carbocycles. The highest BCUT2D eigenvalue weighted by Crippen LogP contribution is 2.32. The van der Waals surface area contributed by atoms with Gasteiger partial charge in [0.05, 0.1) is 11.4 Å². The molecule has 0 saturated carbocycles. The Balaban J connectivity index is 1.42. The fourth-order valence-electron chi connectivity index (χ4n) is 2.46. The lowest BCUT2D eigenvalue weighted by atomic mass is 10.3. The largest absolute Gasteiger partial charge is 0.414 e. The zero-order valence-corrected chi connectivity index (χ0v) is 17.5. The van der Waals surface area contributed by atoms with Crippen molar-refractivity contribution in [3.63, 3.8) is 0 Å². The zero-order valence-electron chi connectivity index (χ0n) is 15.1. The van der Waals surface area contributed by atoms with Crippen LogP contribution in [0.2, 0.25) is 5.02 Å². The van der Waals surface area contributed by atoms with Gasteiger partial charge >= 0.3 is 0 Å². The normalized spacial score (nSPS) is 11.0. The van der Waals surface area contributed by atoms with Crippen LogP contribution in [0.25, 0.3) is 0 Å². The number of nitrogens with zero attached hydrogens (tertiary/aromatic N) is 7. The van der Waals surface area contributed by atoms with Crippen LogP contribution in [0.3, 0.4) is 0 Å². The molecule has 0 aliphatic carbocycles. The predicted octanol–water partition coefficient (Wildman–Crippen LogP) is 3.80. The number of carbonyl (C=O) groups is 1. The summed E-state index contributed by atoms with van der Waals surface area (Å²) in [4.78, 5) is 22.2. The number of anilines is 2. The molecule has 0 spiro atoms. The molecule has 12 heteroatoms. The van der Waals surface area contributed by atoms with E-state index in [0.717, 1.165) is 5.69 Å². The number of amides is 1. The molecule has 29 heavy (non-hydrogen) atoms. The molecule has 148 valence electrons. The van der Waals surface area contributed by atoms with Crippen LogP contribution < -0.4 is 4.90 Å². The number of rotatable bonds is 7. The molecule has 0 radical (unpaired) electrons. The van der Waals surface area contributed by atoms with Crippen molar-refractivity contribution in [1.29, 1.82) is 0 Å². The van der Waals surface area contributed by atoms with Crippen molar-refractivity contribution < 1.29 is 9.21 Å². The number of halogens is 1. The Morgan fingerprint density at radius 3 is 3.03 bits per heavy atom. The highest BCUT2D eigenvalue weighted by atomic mass is 35.5. The lowest BCUT2D eigenvalue weighted by Gasteiger charge is -2.18. The third-order valence-electron chi connectivity index (χ3n) is 3.67. The Kier molecular flexibility index (Phi) is 5.88. The summed E-state index contributed by atoms with van der Waals surface area (Å²) < 4.78 is 7.20. The Labute approximate surface area is 178 Å². The maximum Gasteiger partial charge on any atom is 0.277 e. The molecule has 0 saturated heterocycles. The third kappa shape index (κ3) is 4.81. The summed E-state index contributed by atoms with van der Waals surface area (Å²) in [5.74, 6) is 0.832. The van der Waals surface area contributed by atoms with E-state index in [-0.39, 0.29) is 5.91 Å². The first-order chi connectivity index (χ1) is 14.1. The van der Waals surface area contributed by atoms with Crippen LogP contribution in [-0.4, -0.2) is 35.9 Å². The van der Waals surface area contributed by atoms with E-state index in [1.165, 1.54) is 41.2 Å². The summed E-state index contributed by atoms with van der Waals surface area (Å²) in [6, 6.07) is 7.10. The van der Waals surface area contributed by atoms with E-state index < -0.39 is 0 Å². The standard InChI is InChI=1S/C17H14ClN7O2S2/c1-11(26)25(14-4-2-3-12(18)5-14)16-21-13(7-28-16)8-29-17-23-22-15(27-17)6-24-10-19-9-20-24/h2-5,7,9-10H,6,8H2,1H3. The smallest absolute Gasteiger partial charge is 0.277 e. The van der Waals surface area contributed by atoms with Gasteiger partial charge in [-0.3, -0.25) is 9.69 Å². The molecule has 0 fully saturated rings. The summed E-state index contributed by atoms with van der Waals surface area (Å²) in [5, 5.41) is 15.5. The van der Waals surface area contributed by atoms with Crippen molar-refractivity contribution in [1.82, 2.24) is 29.9 Å². The Morgan fingerprint density at radius 2 is 2.28 bits per heavy atom. The minimum atomic E-state index is -0.143. The van der Waals surface area contributed by atoms with Gasteiger partial charge in [0.2, 0.25) is 11.8 Å². The number of aromatic nitrogens is 6. The van der Waals surface area contributed by atoms with E-state index in [2.05, 4.69) is 25.3 Å². The molecule has 0 unspecified atom stereocenters. The Morgan fingerprint density at radius 1 is 1.38 bits per heavy atom. The van der Waals surface area contributed by atoms with Gasteiger partial charge in [-0.2, -0.15) is 5.10 Å². The van der Waals surface area contributed by atoms with E-state index in [0.29, 0.717) is 39.3 Å². The molecular weight excluding hydrogens is 434 g/mol. The summed E-state index contributed by atoms with van der Waals surface area (Å²) >= 11 is 8.81. The molecule has 3 heterocycles. The fourth-order valence-corrected chi connectivity index (χ4v) is 4.31. The van der Waals surface area contributed by atoms with Crippen molar-refractivity contribution in [2.75, 3.05) is 4.90 Å². The van der Waals surface area contributed by atoms with Crippen LogP contribution in [0.1, 0.15) is 18.5 Å². The van der Waals surface area contributed by atoms with Crippen molar-refractivity contribution in [3.8, 4) is 0 Å². The SMILES string of the molecule is CC(=O)N(c1cccc(Cl)c1)c1nc(CSc2nnc(Cn3cncn3)o2)cs1. The summed E-state index contributed by atoms with van der Waals surface area (Å²) in [6.07, 6.45) is 3.02. The predicted molar refractivity (Wildman–Crippen MR) is 109 cm³/mol. The van der Waals surface area contributed by atoms with Crippen LogP contribution in [-0.2, 0) is 17.1 Å². The lowest BCUT2D eigenvalue weighted by molar-refractivity contribution is -0.115. The van der Waals surface area contributed by atoms with Crippen molar-refractivity contribution in [2.45, 2.75) is 24.4 Å². The van der Waals surface area contributed by atoms with Crippen molar-refractivity contribution >= 4 is 51.4 Å². The minimum Gasteiger partial charge on any atom is -0.414 e. The van der Waals surface area contributed by atoms with Gasteiger partial charge in [-0.05, 0) is 18.2 Å². The molecule has 1 amide bonds. The van der Waals surface area contributed by atoms with Gasteiger partial charge in [0.25, 0.3) is 5.22 Å². The molecule has 0 N–H and O–H groups in total. The van der Waals surface area contributed by atoms with Gasteiger partial charge in [-0.15, -0.1) is 21.5 Å². The molecule has 4 aromatic rings. The molecule has 0 aliphatic heterocycles. The second-order valence-electron chi connectivity index (χ2n) is 5.80. The van der Waals surface area contributed by atoms with Gasteiger partial charge in [0.15, 0.2) is 5.13 Å². The average Bonchev–Trinajstić information content (AvgIpc) is 3.43. The van der Waals surface area contributed by atoms with E-state index >= 15 is 0 Å². The first-order valence-corrected chi connectivity index (χ1v) is 10.6. The molecule has 3 aromatic heterocycles. The lowest BCUT2D eigenvalue weighted by Crippen LogP contribution is -2.22. The van der Waals surface area contributed by atoms with Crippen LogP contribution in [0, 0.1) is 0 Å². The number of hydrogen-bond acceptors (Lipinski definition) is 9. The summed E-state index contributed by atoms with van der Waals surface area (Å²) in [5.41, 5.74) is 1.48. The number of carbonyl (C=O) groups excluding carboxylic acids is 1. The minimum absolute atomic E-state index is 0.143. The number of hydrogen-bond donors (Lipinski definition) is 0. The molecule has 0 aliphatic rings. The number of thiazole rings is 1. The second-order valence-corrected chi connectivity index (χ2v) is 8.00. The number of thioether (sulfide) groups is 1. The van der Waals surface area contributed by atoms with Gasteiger partial charge < -0.3 is 4.42 Å². The van der Waals surface area contributed by atoms with E-state index in [4.69, 9.17) is 16.0 Å². The Hall–Kier alpha value is -2.76. The molecule has 0 atom stereocenters. The number of benzene rings is 1. The van der Waals surface area contributed by atoms with E-state index in [1.54, 1.807) is 29.2 Å². The van der Waals surface area contributed by atoms with Crippen LogP contribution in [0.5, 0.6) is 0 Å². The highest BCUT2D eigenvalue weighted by Gasteiger charge is 2.18. The van der Waals surface area contributed by atoms with Crippen molar-refractivity contribution in [3.05, 3.63) is 58.9 Å². The zero-order chi connectivity index (χ0) is 20.2. The van der Waals surface area contributed by atoms with Gasteiger partial charge in [0.1, 0.15) is 19.2 Å². The van der Waals surface area contributed by atoms with E-state index in [9.17, 15) is 4.79 Å². The van der Waals surface area contributed by atoms with Crippen LogP contribution >= 0.6 is 34.7 Å². The Bertz CT molecular complexity index is 1110. The van der Waals surface area contributed by atoms with Gasteiger partial charge in [-0.25, -0.2) is 14.6 Å². The molecule has 4 rings (SSSR count). The van der Waals surface area contributed by atoms with Gasteiger partial charge in [-0.1, -0.05) is 29.4 Å². The maximum atomic E-state index is 12.2. The maximum absolute atomic E-state index is 12.2. The van der Waals surface area contributed by atoms with Gasteiger partial charge in [0, 0.05) is 23.1 Å². The summed E-state index contributed by atoms with van der Waals surface area (Å²) in [6.45, 7) is 1.85. The first-order valence-electron chi connectivity index (χ1n) is 8.37.